The molecule has 214 valence electrons. The van der Waals surface area contributed by atoms with Gasteiger partial charge < -0.3 is 0 Å². The Morgan fingerprint density at radius 3 is 2.19 bits per heavy atom. The molecular weight excluding hydrogens is 601 g/mol. The molecule has 3 atom stereocenters. The van der Waals surface area contributed by atoms with Gasteiger partial charge in [0.05, 0.1) is 0 Å². The molecular formula is C26H45ClO7P2Se. The van der Waals surface area contributed by atoms with Gasteiger partial charge in [0.1, 0.15) is 0 Å². The van der Waals surface area contributed by atoms with Crippen LogP contribution in [0, 0.1) is 0 Å². The van der Waals surface area contributed by atoms with E-state index in [2.05, 4.69) is 22.0 Å². The Bertz CT molecular complexity index is 850. The quantitative estimate of drug-likeness (QED) is 0.0751. The molecule has 7 nitrogen and oxygen atoms in total. The summed E-state index contributed by atoms with van der Waals surface area (Å²) in [6.45, 7) is 7.57. The van der Waals surface area contributed by atoms with Gasteiger partial charge in [-0.3, -0.25) is 0 Å². The third-order valence-corrected chi connectivity index (χ3v) is 11.9. The van der Waals surface area contributed by atoms with E-state index >= 15 is 0 Å². The van der Waals surface area contributed by atoms with E-state index in [1.54, 1.807) is 38.1 Å². The number of rotatable bonds is 21. The Labute approximate surface area is 236 Å². The zero-order chi connectivity index (χ0) is 27.0. The second-order valence-electron chi connectivity index (χ2n) is 9.08. The Balaban J connectivity index is 1.80. The van der Waals surface area contributed by atoms with Crippen molar-refractivity contribution in [2.75, 3.05) is 33.0 Å². The molecule has 0 bridgehead atoms. The molecule has 2 rings (SSSR count). The van der Waals surface area contributed by atoms with Crippen LogP contribution in [0.5, 0.6) is 0 Å². The van der Waals surface area contributed by atoms with Crippen LogP contribution in [-0.2, 0) is 31.9 Å². The topological polar surface area (TPSA) is 72.5 Å². The summed E-state index contributed by atoms with van der Waals surface area (Å²) < 4.78 is 49.0. The molecule has 0 aromatic heterocycles. The molecule has 1 aliphatic heterocycles. The van der Waals surface area contributed by atoms with E-state index in [0.29, 0.717) is 30.4 Å². The predicted octanol–water partition coefficient (Wildman–Crippen LogP) is 8.82. The summed E-state index contributed by atoms with van der Waals surface area (Å²) in [5.41, 5.74) is 0.497. The van der Waals surface area contributed by atoms with Crippen molar-refractivity contribution < 1.29 is 31.9 Å². The maximum atomic E-state index is 13.7. The average molecular weight is 646 g/mol. The number of hydrogen-bond donors (Lipinski definition) is 0. The average Bonchev–Trinajstić information content (AvgIpc) is 3.25. The van der Waals surface area contributed by atoms with E-state index in [-0.39, 0.29) is 19.3 Å². The molecule has 11 heteroatoms. The molecule has 37 heavy (non-hydrogen) atoms. The van der Waals surface area contributed by atoms with Crippen LogP contribution in [-0.4, -0.2) is 54.2 Å². The fourth-order valence-electron chi connectivity index (χ4n) is 4.07. The number of hydrogen-bond acceptors (Lipinski definition) is 7. The van der Waals surface area contributed by atoms with E-state index in [1.807, 2.05) is 0 Å². The summed E-state index contributed by atoms with van der Waals surface area (Å²) in [5, 5.41) is 0.398. The Kier molecular flexibility index (Phi) is 17.0. The first-order chi connectivity index (χ1) is 17.9. The SMILES string of the molecule is CCCCCCCCCCCCOCC1COP(=[Se])(OC(c2ccccc2Cl)P(=O)(OCC)OCC)O1. The van der Waals surface area contributed by atoms with Gasteiger partial charge in [0.15, 0.2) is 0 Å². The summed E-state index contributed by atoms with van der Waals surface area (Å²) in [6.07, 6.45) is 9.68. The van der Waals surface area contributed by atoms with Crippen molar-refractivity contribution >= 4 is 40.5 Å². The van der Waals surface area contributed by atoms with Crippen LogP contribution in [0.25, 0.3) is 0 Å². The molecule has 0 radical (unpaired) electrons. The van der Waals surface area contributed by atoms with Gasteiger partial charge in [-0.2, -0.15) is 0 Å². The van der Waals surface area contributed by atoms with Gasteiger partial charge in [0.25, 0.3) is 0 Å². The third-order valence-electron chi connectivity index (χ3n) is 5.95. The van der Waals surface area contributed by atoms with Crippen molar-refractivity contribution in [3.63, 3.8) is 0 Å². The van der Waals surface area contributed by atoms with Gasteiger partial charge in [-0.05, 0) is 0 Å². The minimum atomic E-state index is -3.73. The molecule has 0 aliphatic carbocycles. The normalized spacial score (nSPS) is 20.9. The van der Waals surface area contributed by atoms with Gasteiger partial charge in [0, 0.05) is 0 Å². The van der Waals surface area contributed by atoms with Crippen LogP contribution in [0.15, 0.2) is 24.3 Å². The molecule has 0 saturated carbocycles. The summed E-state index contributed by atoms with van der Waals surface area (Å²) in [5.74, 6) is -1.10. The van der Waals surface area contributed by atoms with E-state index < -0.39 is 19.6 Å². The molecule has 1 fully saturated rings. The molecule has 1 saturated heterocycles. The van der Waals surface area contributed by atoms with Crippen LogP contribution in [0.2, 0.25) is 5.02 Å². The first kappa shape index (κ1) is 33.7. The summed E-state index contributed by atoms with van der Waals surface area (Å²) in [4.78, 5) is 0. The van der Waals surface area contributed by atoms with Crippen LogP contribution in [0.1, 0.15) is 96.4 Å². The number of unbranched alkanes of at least 4 members (excludes halogenated alkanes) is 9. The predicted molar refractivity (Wildman–Crippen MR) is 152 cm³/mol. The summed E-state index contributed by atoms with van der Waals surface area (Å²) in [7, 11) is -3.73. The number of halogens is 1. The van der Waals surface area contributed by atoms with E-state index in [1.165, 1.54) is 57.8 Å². The van der Waals surface area contributed by atoms with Gasteiger partial charge in [-0.15, -0.1) is 0 Å². The molecule has 1 aromatic rings. The van der Waals surface area contributed by atoms with Crippen LogP contribution < -0.4 is 0 Å². The fourth-order valence-corrected chi connectivity index (χ4v) is 10.3. The van der Waals surface area contributed by atoms with Crippen molar-refractivity contribution in [1.29, 1.82) is 0 Å². The summed E-state index contributed by atoms with van der Waals surface area (Å²) >= 11 is 9.36. The van der Waals surface area contributed by atoms with Crippen molar-refractivity contribution in [2.45, 2.75) is 96.9 Å². The van der Waals surface area contributed by atoms with Gasteiger partial charge >= 0.3 is 205 Å². The molecule has 3 unspecified atom stereocenters. The van der Waals surface area contributed by atoms with Gasteiger partial charge in [0.2, 0.25) is 0 Å². The van der Waals surface area contributed by atoms with E-state index in [0.717, 1.165) is 6.42 Å². The van der Waals surface area contributed by atoms with Gasteiger partial charge in [-0.1, -0.05) is 32.6 Å². The summed E-state index contributed by atoms with van der Waals surface area (Å²) in [6, 6.07) is 7.04. The van der Waals surface area contributed by atoms with E-state index in [9.17, 15) is 4.57 Å². The number of ether oxygens (including phenoxy) is 1. The third kappa shape index (κ3) is 12.2. The number of benzene rings is 1. The van der Waals surface area contributed by atoms with Crippen LogP contribution in [0.3, 0.4) is 0 Å². The van der Waals surface area contributed by atoms with Crippen molar-refractivity contribution in [1.82, 2.24) is 0 Å². The Morgan fingerprint density at radius 2 is 1.59 bits per heavy atom. The molecule has 0 N–H and O–H groups in total. The van der Waals surface area contributed by atoms with Crippen molar-refractivity contribution in [3.8, 4) is 0 Å². The first-order valence-corrected chi connectivity index (χ1v) is 19.4. The van der Waals surface area contributed by atoms with Crippen molar-refractivity contribution in [3.05, 3.63) is 34.9 Å². The zero-order valence-electron chi connectivity index (χ0n) is 22.6. The molecule has 0 amide bonds. The Morgan fingerprint density at radius 1 is 1.00 bits per heavy atom. The van der Waals surface area contributed by atoms with Gasteiger partial charge in [-0.25, -0.2) is 0 Å². The first-order valence-electron chi connectivity index (χ1n) is 13.7. The fraction of sp³-hybridized carbons (Fsp3) is 0.769. The molecule has 1 aliphatic rings. The van der Waals surface area contributed by atoms with Crippen LogP contribution >= 0.6 is 25.4 Å². The maximum absolute atomic E-state index is 13.7. The minimum absolute atomic E-state index is 0.192. The molecule has 0 spiro atoms. The van der Waals surface area contributed by atoms with E-state index in [4.69, 9.17) is 39.0 Å². The zero-order valence-corrected chi connectivity index (χ0v) is 26.9. The molecule has 1 aromatic carbocycles. The second kappa shape index (κ2) is 18.7. The Hall–Kier alpha value is 0.449. The standard InChI is InChI=1S/C26H45ClO7P2Se/c1-4-7-8-9-10-11-12-13-14-17-20-29-21-23-22-32-36(37,33-23)34-26(24-18-15-16-19-25(24)27)35(28,30-5-2)31-6-3/h15-16,18-19,23,26H,4-14,17,20-22H2,1-3H3. The second-order valence-corrected chi connectivity index (χ2v) is 15.9. The van der Waals surface area contributed by atoms with Crippen molar-refractivity contribution in [2.24, 2.45) is 0 Å². The monoisotopic (exact) mass is 646 g/mol. The van der Waals surface area contributed by atoms with Crippen LogP contribution in [0.4, 0.5) is 0 Å². The molecule has 1 heterocycles.